The van der Waals surface area contributed by atoms with Crippen LogP contribution in [0.3, 0.4) is 0 Å². The van der Waals surface area contributed by atoms with Crippen molar-refractivity contribution in [1.82, 2.24) is 4.98 Å². The molecule has 1 heterocycles. The second-order valence-electron chi connectivity index (χ2n) is 3.15. The largest absolute Gasteiger partial charge is 0.508 e. The first-order valence-corrected chi connectivity index (χ1v) is 6.31. The van der Waals surface area contributed by atoms with Crippen LogP contribution in [-0.4, -0.2) is 16.3 Å². The Morgan fingerprint density at radius 3 is 3.06 bits per heavy atom. The summed E-state index contributed by atoms with van der Waals surface area (Å²) >= 11 is 4.73. The third-order valence-electron chi connectivity index (χ3n) is 1.87. The molecule has 0 atom stereocenters. The van der Waals surface area contributed by atoms with Gasteiger partial charge in [0.05, 0.1) is 6.21 Å². The van der Waals surface area contributed by atoms with Crippen LogP contribution in [0.25, 0.3) is 0 Å². The standard InChI is InChI=1S/C10H9BrN4OS/c11-8-2-1-7(16)3-6(8)4-13-15-10-14-9(12)5-17-10/h1-5,16H,12H2,(H,14,15). The Kier molecular flexibility index (Phi) is 3.60. The van der Waals surface area contributed by atoms with Gasteiger partial charge in [0.1, 0.15) is 11.6 Å². The van der Waals surface area contributed by atoms with Crippen LogP contribution in [0.2, 0.25) is 0 Å². The Bertz CT molecular complexity index is 555. The molecule has 0 saturated carbocycles. The number of nitrogen functional groups attached to an aromatic ring is 1. The fraction of sp³-hybridized carbons (Fsp3) is 0. The SMILES string of the molecule is Nc1csc(NN=Cc2cc(O)ccc2Br)n1. The predicted molar refractivity (Wildman–Crippen MR) is 73.5 cm³/mol. The number of benzene rings is 1. The number of aromatic nitrogens is 1. The molecule has 0 radical (unpaired) electrons. The van der Waals surface area contributed by atoms with Crippen molar-refractivity contribution in [2.24, 2.45) is 5.10 Å². The third-order valence-corrected chi connectivity index (χ3v) is 3.35. The van der Waals surface area contributed by atoms with E-state index in [1.165, 1.54) is 11.3 Å². The van der Waals surface area contributed by atoms with E-state index in [9.17, 15) is 5.11 Å². The number of hydrogen-bond donors (Lipinski definition) is 3. The number of aromatic hydroxyl groups is 1. The van der Waals surface area contributed by atoms with Crippen molar-refractivity contribution in [2.45, 2.75) is 0 Å². The zero-order chi connectivity index (χ0) is 12.3. The summed E-state index contributed by atoms with van der Waals surface area (Å²) in [6.45, 7) is 0. The Morgan fingerprint density at radius 1 is 1.53 bits per heavy atom. The highest BCUT2D eigenvalue weighted by Crippen LogP contribution is 2.20. The summed E-state index contributed by atoms with van der Waals surface area (Å²) in [5, 5.41) is 15.7. The van der Waals surface area contributed by atoms with E-state index in [2.05, 4.69) is 31.4 Å². The monoisotopic (exact) mass is 312 g/mol. The molecule has 1 aromatic heterocycles. The van der Waals surface area contributed by atoms with E-state index < -0.39 is 0 Å². The lowest BCUT2D eigenvalue weighted by molar-refractivity contribution is 0.475. The number of phenolic OH excluding ortho intramolecular Hbond substituents is 1. The lowest BCUT2D eigenvalue weighted by atomic mass is 10.2. The molecule has 17 heavy (non-hydrogen) atoms. The predicted octanol–water partition coefficient (Wildman–Crippen LogP) is 2.64. The average Bonchev–Trinajstić information content (AvgIpc) is 2.69. The summed E-state index contributed by atoms with van der Waals surface area (Å²) in [5.41, 5.74) is 8.99. The van der Waals surface area contributed by atoms with Crippen LogP contribution in [0.15, 0.2) is 33.2 Å². The van der Waals surface area contributed by atoms with Crippen molar-refractivity contribution in [3.63, 3.8) is 0 Å². The third kappa shape index (κ3) is 3.18. The maximum Gasteiger partial charge on any atom is 0.205 e. The first-order valence-electron chi connectivity index (χ1n) is 4.64. The number of nitrogens with one attached hydrogen (secondary N) is 1. The van der Waals surface area contributed by atoms with Crippen molar-refractivity contribution in [2.75, 3.05) is 11.2 Å². The van der Waals surface area contributed by atoms with E-state index >= 15 is 0 Å². The van der Waals surface area contributed by atoms with Crippen LogP contribution in [0.1, 0.15) is 5.56 Å². The topological polar surface area (TPSA) is 83.5 Å². The minimum Gasteiger partial charge on any atom is -0.508 e. The lowest BCUT2D eigenvalue weighted by Gasteiger charge is -1.99. The molecular weight excluding hydrogens is 304 g/mol. The molecule has 2 aromatic rings. The van der Waals surface area contributed by atoms with Gasteiger partial charge < -0.3 is 10.8 Å². The summed E-state index contributed by atoms with van der Waals surface area (Å²) in [7, 11) is 0. The second kappa shape index (κ2) is 5.15. The van der Waals surface area contributed by atoms with Crippen molar-refractivity contribution < 1.29 is 5.11 Å². The highest BCUT2D eigenvalue weighted by Gasteiger charge is 1.99. The molecular formula is C10H9BrN4OS. The zero-order valence-corrected chi connectivity index (χ0v) is 11.0. The van der Waals surface area contributed by atoms with Gasteiger partial charge in [-0.2, -0.15) is 5.10 Å². The van der Waals surface area contributed by atoms with Crippen LogP contribution in [0, 0.1) is 0 Å². The van der Waals surface area contributed by atoms with E-state index in [1.807, 2.05) is 0 Å². The van der Waals surface area contributed by atoms with Crippen LogP contribution in [-0.2, 0) is 0 Å². The molecule has 7 heteroatoms. The molecule has 0 aliphatic heterocycles. The number of nitrogens with zero attached hydrogens (tertiary/aromatic N) is 2. The summed E-state index contributed by atoms with van der Waals surface area (Å²) in [4.78, 5) is 3.99. The van der Waals surface area contributed by atoms with Gasteiger partial charge in [-0.05, 0) is 18.2 Å². The number of rotatable bonds is 3. The summed E-state index contributed by atoms with van der Waals surface area (Å²) < 4.78 is 0.847. The summed E-state index contributed by atoms with van der Waals surface area (Å²) in [6, 6.07) is 4.94. The van der Waals surface area contributed by atoms with Gasteiger partial charge in [0, 0.05) is 15.4 Å². The van der Waals surface area contributed by atoms with E-state index in [1.54, 1.807) is 29.8 Å². The molecule has 0 spiro atoms. The molecule has 0 fully saturated rings. The number of hydrogen-bond acceptors (Lipinski definition) is 6. The van der Waals surface area contributed by atoms with E-state index in [-0.39, 0.29) is 5.75 Å². The van der Waals surface area contributed by atoms with Crippen LogP contribution >= 0.6 is 27.3 Å². The number of thiazole rings is 1. The highest BCUT2D eigenvalue weighted by molar-refractivity contribution is 9.10. The quantitative estimate of drug-likeness (QED) is 0.601. The van der Waals surface area contributed by atoms with Crippen LogP contribution in [0.5, 0.6) is 5.75 Å². The molecule has 0 saturated heterocycles. The Morgan fingerprint density at radius 2 is 2.35 bits per heavy atom. The lowest BCUT2D eigenvalue weighted by Crippen LogP contribution is -1.91. The van der Waals surface area contributed by atoms with Crippen LogP contribution in [0.4, 0.5) is 10.9 Å². The fourth-order valence-electron chi connectivity index (χ4n) is 1.12. The van der Waals surface area contributed by atoms with Gasteiger partial charge in [0.25, 0.3) is 0 Å². The van der Waals surface area contributed by atoms with Gasteiger partial charge in [-0.25, -0.2) is 4.98 Å². The Balaban J connectivity index is 2.07. The summed E-state index contributed by atoms with van der Waals surface area (Å²) in [6.07, 6.45) is 1.58. The van der Waals surface area contributed by atoms with Gasteiger partial charge in [-0.1, -0.05) is 15.9 Å². The van der Waals surface area contributed by atoms with Gasteiger partial charge >= 0.3 is 0 Å². The molecule has 0 unspecified atom stereocenters. The number of hydrazone groups is 1. The minimum atomic E-state index is 0.188. The molecule has 4 N–H and O–H groups in total. The zero-order valence-electron chi connectivity index (χ0n) is 8.59. The van der Waals surface area contributed by atoms with E-state index in [4.69, 9.17) is 5.73 Å². The molecule has 88 valence electrons. The second-order valence-corrected chi connectivity index (χ2v) is 4.87. The molecule has 1 aromatic carbocycles. The Labute approximate surface area is 110 Å². The number of phenols is 1. The van der Waals surface area contributed by atoms with E-state index in [0.717, 1.165) is 10.0 Å². The first kappa shape index (κ1) is 11.9. The maximum atomic E-state index is 9.33. The molecule has 5 nitrogen and oxygen atoms in total. The average molecular weight is 313 g/mol. The molecule has 0 aliphatic rings. The van der Waals surface area contributed by atoms with Gasteiger partial charge in [0.2, 0.25) is 5.13 Å². The number of halogens is 1. The minimum absolute atomic E-state index is 0.188. The van der Waals surface area contributed by atoms with Crippen molar-refractivity contribution in [3.8, 4) is 5.75 Å². The number of nitrogens with two attached hydrogens (primary N) is 1. The molecule has 0 bridgehead atoms. The maximum absolute atomic E-state index is 9.33. The van der Waals surface area contributed by atoms with Gasteiger partial charge in [0.15, 0.2) is 0 Å². The van der Waals surface area contributed by atoms with Crippen LogP contribution < -0.4 is 11.2 Å². The first-order chi connectivity index (χ1) is 8.15. The fourth-order valence-corrected chi connectivity index (χ4v) is 2.02. The van der Waals surface area contributed by atoms with Crippen molar-refractivity contribution in [1.29, 1.82) is 0 Å². The normalized spacial score (nSPS) is 10.9. The van der Waals surface area contributed by atoms with Crippen molar-refractivity contribution >= 4 is 44.4 Å². The van der Waals surface area contributed by atoms with E-state index in [0.29, 0.717) is 10.9 Å². The number of anilines is 2. The Hall–Kier alpha value is -1.60. The molecule has 0 amide bonds. The molecule has 0 aliphatic carbocycles. The molecule has 2 rings (SSSR count). The van der Waals surface area contributed by atoms with Gasteiger partial charge in [-0.15, -0.1) is 11.3 Å². The van der Waals surface area contributed by atoms with Gasteiger partial charge in [-0.3, -0.25) is 5.43 Å². The van der Waals surface area contributed by atoms with Crippen molar-refractivity contribution in [3.05, 3.63) is 33.6 Å². The highest BCUT2D eigenvalue weighted by atomic mass is 79.9. The summed E-state index contributed by atoms with van der Waals surface area (Å²) in [5.74, 6) is 0.652. The smallest absolute Gasteiger partial charge is 0.205 e.